The molecule has 8 heteroatoms. The lowest BCUT2D eigenvalue weighted by molar-refractivity contribution is 0.0901. The summed E-state index contributed by atoms with van der Waals surface area (Å²) >= 11 is 1.72. The van der Waals surface area contributed by atoms with Crippen LogP contribution in [0.4, 0.5) is 0 Å². The van der Waals surface area contributed by atoms with Crippen LogP contribution >= 0.6 is 11.8 Å². The van der Waals surface area contributed by atoms with Gasteiger partial charge in [-0.1, -0.05) is 23.8 Å². The summed E-state index contributed by atoms with van der Waals surface area (Å²) in [4.78, 5) is 12.9. The molecule has 3 heterocycles. The number of nitrogens with zero attached hydrogens (tertiary/aromatic N) is 3. The summed E-state index contributed by atoms with van der Waals surface area (Å²) in [5.74, 6) is 2.92. The second kappa shape index (κ2) is 9.91. The highest BCUT2D eigenvalue weighted by Gasteiger charge is 2.22. The Hall–Kier alpha value is -3.26. The standard InChI is InChI=1S/C24H26N4O3S/c1-16-7-9-20(17(2)14-16)30-15-18-8-10-21(31-18)24(29)25-19(11-13-32-3)23-27-26-22-6-4-5-12-28(22)23/h4-10,12,14,19H,11,13,15H2,1-3H3,(H,25,29). The largest absolute Gasteiger partial charge is 0.485 e. The number of carbonyl (C=O) groups excluding carboxylic acids is 1. The molecule has 0 fully saturated rings. The minimum Gasteiger partial charge on any atom is -0.485 e. The number of benzene rings is 1. The van der Waals surface area contributed by atoms with E-state index in [1.807, 2.05) is 61.0 Å². The molecule has 0 bridgehead atoms. The van der Waals surface area contributed by atoms with Crippen LogP contribution in [-0.4, -0.2) is 32.5 Å². The molecule has 1 N–H and O–H groups in total. The van der Waals surface area contributed by atoms with Gasteiger partial charge in [0.05, 0.1) is 6.04 Å². The van der Waals surface area contributed by atoms with Gasteiger partial charge < -0.3 is 14.5 Å². The molecule has 7 nitrogen and oxygen atoms in total. The average Bonchev–Trinajstić information content (AvgIpc) is 3.43. The van der Waals surface area contributed by atoms with Crippen molar-refractivity contribution in [1.29, 1.82) is 0 Å². The Labute approximate surface area is 191 Å². The Balaban J connectivity index is 1.45. The predicted octanol–water partition coefficient (Wildman–Crippen LogP) is 4.74. The first-order chi connectivity index (χ1) is 15.5. The molecule has 0 radical (unpaired) electrons. The maximum atomic E-state index is 12.9. The SMILES string of the molecule is CSCCC(NC(=O)c1ccc(COc2ccc(C)cc2C)o1)c1nnc2ccccn12. The third-order valence-corrected chi connectivity index (χ3v) is 5.80. The van der Waals surface area contributed by atoms with Gasteiger partial charge in [-0.15, -0.1) is 10.2 Å². The van der Waals surface area contributed by atoms with Crippen molar-refractivity contribution in [2.75, 3.05) is 12.0 Å². The highest BCUT2D eigenvalue weighted by Crippen LogP contribution is 2.22. The number of nitrogens with one attached hydrogen (secondary N) is 1. The number of aromatic nitrogens is 3. The van der Waals surface area contributed by atoms with Crippen molar-refractivity contribution in [3.63, 3.8) is 0 Å². The van der Waals surface area contributed by atoms with Gasteiger partial charge in [-0.25, -0.2) is 0 Å². The maximum Gasteiger partial charge on any atom is 0.287 e. The number of hydrogen-bond acceptors (Lipinski definition) is 6. The molecule has 4 aromatic rings. The molecule has 1 aromatic carbocycles. The van der Waals surface area contributed by atoms with Crippen LogP contribution < -0.4 is 10.1 Å². The van der Waals surface area contributed by atoms with Crippen LogP contribution in [-0.2, 0) is 6.61 Å². The van der Waals surface area contributed by atoms with Crippen molar-refractivity contribution in [2.24, 2.45) is 0 Å². The minimum atomic E-state index is -0.290. The number of furan rings is 1. The first kappa shape index (κ1) is 22.0. The van der Waals surface area contributed by atoms with Gasteiger partial charge in [0.2, 0.25) is 0 Å². The second-order valence-corrected chi connectivity index (χ2v) is 8.60. The zero-order valence-corrected chi connectivity index (χ0v) is 19.2. The van der Waals surface area contributed by atoms with Gasteiger partial charge in [0.15, 0.2) is 17.2 Å². The highest BCUT2D eigenvalue weighted by atomic mass is 32.2. The molecule has 0 saturated carbocycles. The van der Waals surface area contributed by atoms with E-state index in [0.717, 1.165) is 29.1 Å². The van der Waals surface area contributed by atoms with Gasteiger partial charge in [-0.2, -0.15) is 11.8 Å². The van der Waals surface area contributed by atoms with Crippen molar-refractivity contribution < 1.29 is 13.9 Å². The Morgan fingerprint density at radius 1 is 1.19 bits per heavy atom. The van der Waals surface area contributed by atoms with E-state index in [2.05, 4.69) is 21.6 Å². The number of pyridine rings is 1. The van der Waals surface area contributed by atoms with Crippen molar-refractivity contribution in [3.8, 4) is 5.75 Å². The number of ether oxygens (including phenoxy) is 1. The zero-order chi connectivity index (χ0) is 22.5. The lowest BCUT2D eigenvalue weighted by atomic mass is 10.1. The molecule has 0 saturated heterocycles. The van der Waals surface area contributed by atoms with Crippen LogP contribution in [0.25, 0.3) is 5.65 Å². The molecular formula is C24H26N4O3S. The summed E-state index contributed by atoms with van der Waals surface area (Å²) < 4.78 is 13.5. The fraction of sp³-hybridized carbons (Fsp3) is 0.292. The topological polar surface area (TPSA) is 81.7 Å². The van der Waals surface area contributed by atoms with Crippen LogP contribution in [0, 0.1) is 13.8 Å². The van der Waals surface area contributed by atoms with E-state index in [1.165, 1.54) is 5.56 Å². The summed E-state index contributed by atoms with van der Waals surface area (Å²) in [6.45, 7) is 4.30. The van der Waals surface area contributed by atoms with E-state index in [4.69, 9.17) is 9.15 Å². The fourth-order valence-electron chi connectivity index (χ4n) is 3.52. The lowest BCUT2D eigenvalue weighted by Gasteiger charge is -2.16. The number of rotatable bonds is 9. The molecule has 32 heavy (non-hydrogen) atoms. The molecule has 0 spiro atoms. The highest BCUT2D eigenvalue weighted by molar-refractivity contribution is 7.98. The summed E-state index contributed by atoms with van der Waals surface area (Å²) in [6, 6.07) is 14.9. The number of aryl methyl sites for hydroxylation is 2. The molecule has 0 aliphatic rings. The van der Waals surface area contributed by atoms with Crippen LogP contribution in [0.5, 0.6) is 5.75 Å². The number of hydrogen-bond donors (Lipinski definition) is 1. The molecule has 0 aliphatic carbocycles. The summed E-state index contributed by atoms with van der Waals surface area (Å²) in [5, 5.41) is 11.6. The van der Waals surface area contributed by atoms with Gasteiger partial charge in [-0.3, -0.25) is 9.20 Å². The first-order valence-corrected chi connectivity index (χ1v) is 11.8. The molecule has 0 aliphatic heterocycles. The maximum absolute atomic E-state index is 12.9. The Morgan fingerprint density at radius 2 is 2.06 bits per heavy atom. The van der Waals surface area contributed by atoms with E-state index in [1.54, 1.807) is 23.9 Å². The fourth-order valence-corrected chi connectivity index (χ4v) is 3.99. The third kappa shape index (κ3) is 4.96. The Kier molecular flexibility index (Phi) is 6.80. The zero-order valence-electron chi connectivity index (χ0n) is 18.4. The normalized spacial score (nSPS) is 12.1. The summed E-state index contributed by atoms with van der Waals surface area (Å²) in [5.41, 5.74) is 2.99. The molecule has 1 atom stereocenters. The van der Waals surface area contributed by atoms with E-state index < -0.39 is 0 Å². The Bertz CT molecular complexity index is 1220. The Morgan fingerprint density at radius 3 is 2.88 bits per heavy atom. The predicted molar refractivity (Wildman–Crippen MR) is 125 cm³/mol. The molecule has 166 valence electrons. The van der Waals surface area contributed by atoms with Crippen molar-refractivity contribution in [2.45, 2.75) is 32.9 Å². The molecule has 3 aromatic heterocycles. The van der Waals surface area contributed by atoms with E-state index >= 15 is 0 Å². The van der Waals surface area contributed by atoms with Crippen molar-refractivity contribution in [1.82, 2.24) is 19.9 Å². The van der Waals surface area contributed by atoms with Crippen molar-refractivity contribution in [3.05, 3.63) is 83.2 Å². The first-order valence-electron chi connectivity index (χ1n) is 10.4. The molecule has 1 amide bonds. The molecule has 4 rings (SSSR count). The molecule has 1 unspecified atom stereocenters. The van der Waals surface area contributed by atoms with Gasteiger partial charge in [-0.05, 0) is 68.2 Å². The smallest absolute Gasteiger partial charge is 0.287 e. The third-order valence-electron chi connectivity index (χ3n) is 5.15. The minimum absolute atomic E-state index is 0.243. The van der Waals surface area contributed by atoms with Crippen LogP contribution in [0.15, 0.2) is 59.1 Å². The summed E-state index contributed by atoms with van der Waals surface area (Å²) in [6.07, 6.45) is 4.67. The van der Waals surface area contributed by atoms with Gasteiger partial charge >= 0.3 is 0 Å². The number of thioether (sulfide) groups is 1. The van der Waals surface area contributed by atoms with Gasteiger partial charge in [0.1, 0.15) is 18.1 Å². The number of carbonyl (C=O) groups is 1. The van der Waals surface area contributed by atoms with Crippen LogP contribution in [0.3, 0.4) is 0 Å². The average molecular weight is 451 g/mol. The van der Waals surface area contributed by atoms with Crippen LogP contribution in [0.2, 0.25) is 0 Å². The quantitative estimate of drug-likeness (QED) is 0.397. The lowest BCUT2D eigenvalue weighted by Crippen LogP contribution is -2.30. The van der Waals surface area contributed by atoms with E-state index in [0.29, 0.717) is 11.6 Å². The monoisotopic (exact) mass is 450 g/mol. The summed E-state index contributed by atoms with van der Waals surface area (Å²) in [7, 11) is 0. The van der Waals surface area contributed by atoms with Crippen LogP contribution in [0.1, 0.15) is 45.7 Å². The van der Waals surface area contributed by atoms with Crippen molar-refractivity contribution >= 4 is 23.3 Å². The van der Waals surface area contributed by atoms with E-state index in [-0.39, 0.29) is 24.3 Å². The van der Waals surface area contributed by atoms with Gasteiger partial charge in [0.25, 0.3) is 5.91 Å². The van der Waals surface area contributed by atoms with Gasteiger partial charge in [0, 0.05) is 6.20 Å². The van der Waals surface area contributed by atoms with E-state index in [9.17, 15) is 4.79 Å². The molecular weight excluding hydrogens is 424 g/mol. The number of amides is 1. The number of fused-ring (bicyclic) bond motifs is 1. The second-order valence-electron chi connectivity index (χ2n) is 7.62.